The molecular formula is C16H25N3O2. The number of urea groups is 1. The van der Waals surface area contributed by atoms with Crippen LogP contribution in [0.15, 0.2) is 24.3 Å². The Morgan fingerprint density at radius 2 is 2.05 bits per heavy atom. The van der Waals surface area contributed by atoms with E-state index in [1.165, 1.54) is 6.42 Å². The zero-order valence-corrected chi connectivity index (χ0v) is 12.9. The molecule has 0 spiro atoms. The molecule has 2 N–H and O–H groups in total. The summed E-state index contributed by atoms with van der Waals surface area (Å²) in [5, 5.41) is 4.82. The van der Waals surface area contributed by atoms with Gasteiger partial charge in [0.1, 0.15) is 5.75 Å². The van der Waals surface area contributed by atoms with Crippen LogP contribution < -0.4 is 15.5 Å². The minimum atomic E-state index is -0.196. The first-order valence-electron chi connectivity index (χ1n) is 7.69. The summed E-state index contributed by atoms with van der Waals surface area (Å²) in [6.45, 7) is 6.72. The third-order valence-electron chi connectivity index (χ3n) is 3.29. The van der Waals surface area contributed by atoms with E-state index in [9.17, 15) is 4.79 Å². The molecule has 0 radical (unpaired) electrons. The van der Waals surface area contributed by atoms with Crippen molar-refractivity contribution in [3.63, 3.8) is 0 Å². The van der Waals surface area contributed by atoms with E-state index in [2.05, 4.69) is 24.6 Å². The van der Waals surface area contributed by atoms with E-state index < -0.39 is 0 Å². The lowest BCUT2D eigenvalue weighted by Crippen LogP contribution is -2.46. The summed E-state index contributed by atoms with van der Waals surface area (Å²) in [5.41, 5.74) is 3.62. The highest BCUT2D eigenvalue weighted by Gasteiger charge is 2.12. The molecule has 1 aliphatic heterocycles. The number of hydrogen-bond acceptors (Lipinski definition) is 3. The lowest BCUT2D eigenvalue weighted by atomic mass is 10.2. The smallest absolute Gasteiger partial charge is 0.333 e. The lowest BCUT2D eigenvalue weighted by Gasteiger charge is -2.26. The first-order chi connectivity index (χ1) is 10.1. The molecule has 5 heteroatoms. The molecule has 2 amide bonds. The number of amides is 2. The largest absolute Gasteiger partial charge is 0.493 e. The highest BCUT2D eigenvalue weighted by molar-refractivity contribution is 5.89. The van der Waals surface area contributed by atoms with Gasteiger partial charge in [-0.3, -0.25) is 5.43 Å². The standard InChI is InChI=1S/C16H25N3O2/c1-13(2)12-21-15-8-6-7-14(11-15)17-16(20)18-19-9-4-3-5-10-19/h6-8,11,13H,3-5,9-10,12H2,1-2H3,(H2,17,18,20). The predicted octanol–water partition coefficient (Wildman–Crippen LogP) is 3.24. The molecule has 1 aromatic carbocycles. The summed E-state index contributed by atoms with van der Waals surface area (Å²) in [5.74, 6) is 1.25. The maximum absolute atomic E-state index is 12.0. The van der Waals surface area contributed by atoms with Crippen LogP contribution in [0.5, 0.6) is 5.75 Å². The van der Waals surface area contributed by atoms with Gasteiger partial charge < -0.3 is 10.1 Å². The maximum Gasteiger partial charge on any atom is 0.333 e. The molecule has 1 saturated heterocycles. The lowest BCUT2D eigenvalue weighted by molar-refractivity contribution is 0.162. The normalized spacial score (nSPS) is 15.8. The highest BCUT2D eigenvalue weighted by atomic mass is 16.5. The Morgan fingerprint density at radius 3 is 2.76 bits per heavy atom. The Kier molecular flexibility index (Phi) is 5.87. The summed E-state index contributed by atoms with van der Waals surface area (Å²) in [6.07, 6.45) is 3.52. The molecule has 0 saturated carbocycles. The molecule has 0 aliphatic carbocycles. The fourth-order valence-corrected chi connectivity index (χ4v) is 2.23. The van der Waals surface area contributed by atoms with E-state index in [1.807, 2.05) is 29.3 Å². The number of anilines is 1. The van der Waals surface area contributed by atoms with Gasteiger partial charge in [-0.15, -0.1) is 0 Å². The number of hydrogen-bond donors (Lipinski definition) is 2. The topological polar surface area (TPSA) is 53.6 Å². The van der Waals surface area contributed by atoms with E-state index >= 15 is 0 Å². The minimum Gasteiger partial charge on any atom is -0.493 e. The number of carbonyl (C=O) groups is 1. The van der Waals surface area contributed by atoms with Gasteiger partial charge in [-0.2, -0.15) is 0 Å². The molecule has 5 nitrogen and oxygen atoms in total. The second-order valence-corrected chi connectivity index (χ2v) is 5.85. The average Bonchev–Trinajstić information content (AvgIpc) is 2.46. The van der Waals surface area contributed by atoms with Gasteiger partial charge in [0.25, 0.3) is 0 Å². The quantitative estimate of drug-likeness (QED) is 0.875. The Balaban J connectivity index is 1.83. The summed E-state index contributed by atoms with van der Waals surface area (Å²) in [6, 6.07) is 7.29. The fraction of sp³-hybridized carbons (Fsp3) is 0.562. The zero-order chi connectivity index (χ0) is 15.1. The number of benzene rings is 1. The van der Waals surface area contributed by atoms with Gasteiger partial charge >= 0.3 is 6.03 Å². The summed E-state index contributed by atoms with van der Waals surface area (Å²) < 4.78 is 5.66. The van der Waals surface area contributed by atoms with Crippen molar-refractivity contribution in [2.24, 2.45) is 5.92 Å². The molecule has 0 unspecified atom stereocenters. The number of carbonyl (C=O) groups excluding carboxylic acids is 1. The van der Waals surface area contributed by atoms with Crippen LogP contribution in [-0.4, -0.2) is 30.7 Å². The van der Waals surface area contributed by atoms with Crippen molar-refractivity contribution in [2.75, 3.05) is 25.0 Å². The molecule has 0 aromatic heterocycles. The van der Waals surface area contributed by atoms with Gasteiger partial charge in [-0.1, -0.05) is 26.3 Å². The molecule has 1 heterocycles. The average molecular weight is 291 g/mol. The van der Waals surface area contributed by atoms with Crippen LogP contribution in [0.4, 0.5) is 10.5 Å². The van der Waals surface area contributed by atoms with Gasteiger partial charge in [0, 0.05) is 24.8 Å². The molecule has 116 valence electrons. The van der Waals surface area contributed by atoms with Crippen LogP contribution in [0.25, 0.3) is 0 Å². The number of nitrogens with one attached hydrogen (secondary N) is 2. The van der Waals surface area contributed by atoms with Crippen molar-refractivity contribution in [1.29, 1.82) is 0 Å². The molecule has 1 aliphatic rings. The van der Waals surface area contributed by atoms with Crippen LogP contribution in [-0.2, 0) is 0 Å². The Labute approximate surface area is 126 Å². The van der Waals surface area contributed by atoms with Gasteiger partial charge in [-0.25, -0.2) is 9.80 Å². The van der Waals surface area contributed by atoms with E-state index in [0.29, 0.717) is 12.5 Å². The SMILES string of the molecule is CC(C)COc1cccc(NC(=O)NN2CCCCC2)c1. The first kappa shape index (κ1) is 15.6. The van der Waals surface area contributed by atoms with E-state index in [0.717, 1.165) is 37.4 Å². The van der Waals surface area contributed by atoms with Crippen LogP contribution >= 0.6 is 0 Å². The van der Waals surface area contributed by atoms with Crippen molar-refractivity contribution in [2.45, 2.75) is 33.1 Å². The number of rotatable bonds is 5. The molecule has 0 bridgehead atoms. The first-order valence-corrected chi connectivity index (χ1v) is 7.69. The highest BCUT2D eigenvalue weighted by Crippen LogP contribution is 2.18. The van der Waals surface area contributed by atoms with Gasteiger partial charge in [0.2, 0.25) is 0 Å². The van der Waals surface area contributed by atoms with E-state index in [4.69, 9.17) is 4.74 Å². The number of hydrazine groups is 1. The summed E-state index contributed by atoms with van der Waals surface area (Å²) in [4.78, 5) is 12.0. The second-order valence-electron chi connectivity index (χ2n) is 5.85. The van der Waals surface area contributed by atoms with Crippen LogP contribution in [0.2, 0.25) is 0 Å². The van der Waals surface area contributed by atoms with Crippen molar-refractivity contribution < 1.29 is 9.53 Å². The molecule has 0 atom stereocenters. The van der Waals surface area contributed by atoms with Crippen molar-refractivity contribution in [1.82, 2.24) is 10.4 Å². The Morgan fingerprint density at radius 1 is 1.29 bits per heavy atom. The second kappa shape index (κ2) is 7.88. The molecular weight excluding hydrogens is 266 g/mol. The molecule has 1 aromatic rings. The number of ether oxygens (including phenoxy) is 1. The fourth-order valence-electron chi connectivity index (χ4n) is 2.23. The molecule has 1 fully saturated rings. The molecule has 21 heavy (non-hydrogen) atoms. The Hall–Kier alpha value is -1.75. The van der Waals surface area contributed by atoms with Crippen molar-refractivity contribution in [3.8, 4) is 5.75 Å². The van der Waals surface area contributed by atoms with Crippen molar-refractivity contribution in [3.05, 3.63) is 24.3 Å². The van der Waals surface area contributed by atoms with Crippen molar-refractivity contribution >= 4 is 11.7 Å². The van der Waals surface area contributed by atoms with Gasteiger partial charge in [-0.05, 0) is 30.9 Å². The van der Waals surface area contributed by atoms with Crippen LogP contribution in [0, 0.1) is 5.92 Å². The maximum atomic E-state index is 12.0. The predicted molar refractivity (Wildman–Crippen MR) is 84.4 cm³/mol. The van der Waals surface area contributed by atoms with E-state index in [-0.39, 0.29) is 6.03 Å². The minimum absolute atomic E-state index is 0.196. The summed E-state index contributed by atoms with van der Waals surface area (Å²) in [7, 11) is 0. The van der Waals surface area contributed by atoms with Gasteiger partial charge in [0.05, 0.1) is 6.61 Å². The summed E-state index contributed by atoms with van der Waals surface area (Å²) >= 11 is 0. The number of nitrogens with zero attached hydrogens (tertiary/aromatic N) is 1. The zero-order valence-electron chi connectivity index (χ0n) is 12.9. The molecule has 2 rings (SSSR count). The van der Waals surface area contributed by atoms with E-state index in [1.54, 1.807) is 0 Å². The van der Waals surface area contributed by atoms with Crippen LogP contribution in [0.3, 0.4) is 0 Å². The Bertz CT molecular complexity index is 457. The monoisotopic (exact) mass is 291 g/mol. The van der Waals surface area contributed by atoms with Gasteiger partial charge in [0.15, 0.2) is 0 Å². The third kappa shape index (κ3) is 5.63. The third-order valence-corrected chi connectivity index (χ3v) is 3.29. The number of piperidine rings is 1. The van der Waals surface area contributed by atoms with Crippen LogP contribution in [0.1, 0.15) is 33.1 Å².